The third kappa shape index (κ3) is 3.40. The number of likely N-dealkylation sites (N-methyl/N-ethyl adjacent to an activating group) is 1. The number of rotatable bonds is 4. The lowest BCUT2D eigenvalue weighted by atomic mass is 10.0. The first kappa shape index (κ1) is 13.2. The lowest BCUT2D eigenvalue weighted by Crippen LogP contribution is -2.39. The van der Waals surface area contributed by atoms with Gasteiger partial charge in [-0.3, -0.25) is 4.90 Å². The van der Waals surface area contributed by atoms with Crippen molar-refractivity contribution in [2.75, 3.05) is 19.3 Å². The molecule has 0 aliphatic heterocycles. The summed E-state index contributed by atoms with van der Waals surface area (Å²) in [5.74, 6) is 1.22. The van der Waals surface area contributed by atoms with Gasteiger partial charge in [0.25, 0.3) is 0 Å². The highest BCUT2D eigenvalue weighted by atomic mass is 16.3. The first-order valence-electron chi connectivity index (χ1n) is 6.48. The van der Waals surface area contributed by atoms with E-state index >= 15 is 0 Å². The zero-order valence-corrected chi connectivity index (χ0v) is 11.2. The van der Waals surface area contributed by atoms with E-state index in [1.54, 1.807) is 6.07 Å². The molecule has 0 saturated heterocycles. The minimum Gasteiger partial charge on any atom is -0.389 e. The van der Waals surface area contributed by atoms with Crippen LogP contribution in [0, 0.1) is 6.92 Å². The maximum atomic E-state index is 10.3. The van der Waals surface area contributed by atoms with E-state index in [9.17, 15) is 5.11 Å². The number of nitrogens with zero attached hydrogens (tertiary/aromatic N) is 3. The van der Waals surface area contributed by atoms with Crippen molar-refractivity contribution < 1.29 is 5.11 Å². The van der Waals surface area contributed by atoms with Crippen LogP contribution >= 0.6 is 0 Å². The predicted octanol–water partition coefficient (Wildman–Crippen LogP) is 1.10. The molecule has 1 aliphatic carbocycles. The average molecular weight is 250 g/mol. The molecule has 3 N–H and O–H groups in total. The second kappa shape index (κ2) is 5.20. The Bertz CT molecular complexity index is 395. The van der Waals surface area contributed by atoms with Crippen LogP contribution in [0.25, 0.3) is 0 Å². The van der Waals surface area contributed by atoms with Crippen LogP contribution in [0.15, 0.2) is 6.07 Å². The molecule has 0 spiro atoms. The summed E-state index contributed by atoms with van der Waals surface area (Å²) in [6, 6.07) is 1.76. The number of aryl methyl sites for hydroxylation is 1. The fourth-order valence-electron chi connectivity index (χ4n) is 2.72. The molecule has 1 fully saturated rings. The summed E-state index contributed by atoms with van der Waals surface area (Å²) in [4.78, 5) is 10.6. The predicted molar refractivity (Wildman–Crippen MR) is 70.9 cm³/mol. The Kier molecular flexibility index (Phi) is 3.82. The van der Waals surface area contributed by atoms with Gasteiger partial charge in [-0.2, -0.15) is 0 Å². The van der Waals surface area contributed by atoms with Crippen LogP contribution in [0.5, 0.6) is 0 Å². The van der Waals surface area contributed by atoms with Crippen molar-refractivity contribution in [3.8, 4) is 0 Å². The van der Waals surface area contributed by atoms with Gasteiger partial charge in [0.15, 0.2) is 0 Å². The molecule has 5 nitrogen and oxygen atoms in total. The van der Waals surface area contributed by atoms with E-state index in [1.807, 2.05) is 14.0 Å². The number of nitrogens with two attached hydrogens (primary N) is 1. The van der Waals surface area contributed by atoms with Crippen LogP contribution in [0.3, 0.4) is 0 Å². The number of aliphatic hydroxyl groups is 1. The Morgan fingerprint density at radius 2 is 2.06 bits per heavy atom. The van der Waals surface area contributed by atoms with Crippen LogP contribution in [0.4, 0.5) is 5.82 Å². The normalized spacial score (nSPS) is 18.4. The lowest BCUT2D eigenvalue weighted by molar-refractivity contribution is 0.0140. The Labute approximate surface area is 108 Å². The summed E-state index contributed by atoms with van der Waals surface area (Å²) in [5.41, 5.74) is 6.06. The SMILES string of the molecule is Cc1cc(N)nc(CN(C)CC2(O)CCCC2)n1. The van der Waals surface area contributed by atoms with Gasteiger partial charge < -0.3 is 10.8 Å². The zero-order chi connectivity index (χ0) is 13.2. The Morgan fingerprint density at radius 1 is 1.39 bits per heavy atom. The Hall–Kier alpha value is -1.20. The molecule has 1 heterocycles. The first-order chi connectivity index (χ1) is 8.47. The molecule has 0 amide bonds. The summed E-state index contributed by atoms with van der Waals surface area (Å²) >= 11 is 0. The van der Waals surface area contributed by atoms with Gasteiger partial charge in [-0.05, 0) is 26.8 Å². The number of anilines is 1. The van der Waals surface area contributed by atoms with E-state index in [4.69, 9.17) is 5.73 Å². The van der Waals surface area contributed by atoms with Gasteiger partial charge in [-0.25, -0.2) is 9.97 Å². The molecule has 0 radical (unpaired) electrons. The second-order valence-electron chi connectivity index (χ2n) is 5.45. The van der Waals surface area contributed by atoms with Gasteiger partial charge in [0, 0.05) is 18.3 Å². The maximum Gasteiger partial charge on any atom is 0.144 e. The summed E-state index contributed by atoms with van der Waals surface area (Å²) in [7, 11) is 1.98. The summed E-state index contributed by atoms with van der Waals surface area (Å²) in [6.45, 7) is 3.20. The largest absolute Gasteiger partial charge is 0.389 e. The van der Waals surface area contributed by atoms with Crippen molar-refractivity contribution in [3.63, 3.8) is 0 Å². The molecule has 1 aliphatic rings. The van der Waals surface area contributed by atoms with Crippen LogP contribution in [-0.4, -0.2) is 39.2 Å². The van der Waals surface area contributed by atoms with Crippen molar-refractivity contribution in [1.29, 1.82) is 0 Å². The minimum atomic E-state index is -0.524. The molecule has 0 aromatic carbocycles. The zero-order valence-electron chi connectivity index (χ0n) is 11.2. The van der Waals surface area contributed by atoms with Gasteiger partial charge in [-0.15, -0.1) is 0 Å². The van der Waals surface area contributed by atoms with Crippen molar-refractivity contribution in [3.05, 3.63) is 17.6 Å². The van der Waals surface area contributed by atoms with E-state index in [1.165, 1.54) is 0 Å². The van der Waals surface area contributed by atoms with Gasteiger partial charge in [0.1, 0.15) is 11.6 Å². The van der Waals surface area contributed by atoms with E-state index < -0.39 is 5.60 Å². The van der Waals surface area contributed by atoms with Crippen molar-refractivity contribution in [1.82, 2.24) is 14.9 Å². The van der Waals surface area contributed by atoms with Gasteiger partial charge in [0.05, 0.1) is 12.1 Å². The molecule has 0 atom stereocenters. The van der Waals surface area contributed by atoms with Crippen molar-refractivity contribution >= 4 is 5.82 Å². The van der Waals surface area contributed by atoms with E-state index in [2.05, 4.69) is 14.9 Å². The molecular weight excluding hydrogens is 228 g/mol. The molecule has 1 aromatic rings. The van der Waals surface area contributed by atoms with E-state index in [-0.39, 0.29) is 0 Å². The lowest BCUT2D eigenvalue weighted by Gasteiger charge is -2.28. The quantitative estimate of drug-likeness (QED) is 0.837. The molecule has 0 unspecified atom stereocenters. The summed E-state index contributed by atoms with van der Waals surface area (Å²) in [5, 5.41) is 10.3. The second-order valence-corrected chi connectivity index (χ2v) is 5.45. The molecule has 2 rings (SSSR count). The topological polar surface area (TPSA) is 75.3 Å². The molecule has 0 bridgehead atoms. The maximum absolute atomic E-state index is 10.3. The number of hydrogen-bond donors (Lipinski definition) is 2. The first-order valence-corrected chi connectivity index (χ1v) is 6.48. The third-order valence-corrected chi connectivity index (χ3v) is 3.43. The molecular formula is C13H22N4O. The van der Waals surface area contributed by atoms with Gasteiger partial charge in [0.2, 0.25) is 0 Å². The van der Waals surface area contributed by atoms with Gasteiger partial charge in [-0.1, -0.05) is 12.8 Å². The average Bonchev–Trinajstić information content (AvgIpc) is 2.62. The third-order valence-electron chi connectivity index (χ3n) is 3.43. The van der Waals surface area contributed by atoms with E-state index in [0.717, 1.165) is 37.2 Å². The summed E-state index contributed by atoms with van der Waals surface area (Å²) < 4.78 is 0. The number of aromatic nitrogens is 2. The van der Waals surface area contributed by atoms with Crippen LogP contribution < -0.4 is 5.73 Å². The fraction of sp³-hybridized carbons (Fsp3) is 0.692. The standard InChI is InChI=1S/C13H22N4O/c1-10-7-11(14)16-12(15-10)8-17(2)9-13(18)5-3-4-6-13/h7,18H,3-6,8-9H2,1-2H3,(H2,14,15,16). The fourth-order valence-corrected chi connectivity index (χ4v) is 2.72. The molecule has 18 heavy (non-hydrogen) atoms. The molecule has 1 aromatic heterocycles. The smallest absolute Gasteiger partial charge is 0.144 e. The monoisotopic (exact) mass is 250 g/mol. The number of hydrogen-bond acceptors (Lipinski definition) is 5. The van der Waals surface area contributed by atoms with Gasteiger partial charge >= 0.3 is 0 Å². The molecule has 5 heteroatoms. The minimum absolute atomic E-state index is 0.505. The van der Waals surface area contributed by atoms with E-state index in [0.29, 0.717) is 18.9 Å². The highest BCUT2D eigenvalue weighted by Crippen LogP contribution is 2.30. The summed E-state index contributed by atoms with van der Waals surface area (Å²) in [6.07, 6.45) is 4.04. The van der Waals surface area contributed by atoms with Crippen LogP contribution in [0.2, 0.25) is 0 Å². The Morgan fingerprint density at radius 3 is 2.67 bits per heavy atom. The molecule has 1 saturated carbocycles. The highest BCUT2D eigenvalue weighted by Gasteiger charge is 2.32. The highest BCUT2D eigenvalue weighted by molar-refractivity contribution is 5.29. The van der Waals surface area contributed by atoms with Crippen LogP contribution in [-0.2, 0) is 6.54 Å². The van der Waals surface area contributed by atoms with Crippen molar-refractivity contribution in [2.24, 2.45) is 0 Å². The Balaban J connectivity index is 1.96. The number of nitrogen functional groups attached to an aromatic ring is 1. The van der Waals surface area contributed by atoms with Crippen LogP contribution in [0.1, 0.15) is 37.2 Å². The van der Waals surface area contributed by atoms with Crippen molar-refractivity contribution in [2.45, 2.75) is 44.8 Å². The molecule has 100 valence electrons.